The number of nitrogens with zero attached hydrogens (tertiary/aromatic N) is 1. The summed E-state index contributed by atoms with van der Waals surface area (Å²) in [7, 11) is 1.67. The second-order valence-electron chi connectivity index (χ2n) is 12.6. The normalized spacial score (nSPS) is 11.2. The summed E-state index contributed by atoms with van der Waals surface area (Å²) in [4.78, 5) is 18.8. The van der Waals surface area contributed by atoms with E-state index < -0.39 is 0 Å². The van der Waals surface area contributed by atoms with Gasteiger partial charge in [-0.25, -0.2) is 4.98 Å². The molecule has 0 fully saturated rings. The van der Waals surface area contributed by atoms with E-state index in [1.807, 2.05) is 36.4 Å². The van der Waals surface area contributed by atoms with Crippen LogP contribution < -0.4 is 10.3 Å². The van der Waals surface area contributed by atoms with Crippen LogP contribution in [0.1, 0.15) is 99.2 Å². The maximum Gasteiger partial charge on any atom is 0.256 e. The molecule has 2 aromatic heterocycles. The first-order chi connectivity index (χ1) is 22.4. The van der Waals surface area contributed by atoms with E-state index in [1.54, 1.807) is 19.5 Å². The lowest BCUT2D eigenvalue weighted by molar-refractivity contribution is 0.403. The van der Waals surface area contributed by atoms with E-state index in [1.165, 1.54) is 27.6 Å². The summed E-state index contributed by atoms with van der Waals surface area (Å²) in [6.07, 6.45) is 13.0. The minimum Gasteiger partial charge on any atom is -0.481 e. The van der Waals surface area contributed by atoms with Crippen molar-refractivity contribution in [2.24, 2.45) is 5.92 Å². The molecule has 0 aliphatic rings. The van der Waals surface area contributed by atoms with Gasteiger partial charge in [-0.15, -0.1) is 6.42 Å². The number of aromatic nitrogens is 2. The van der Waals surface area contributed by atoms with Gasteiger partial charge in [0, 0.05) is 28.9 Å². The van der Waals surface area contributed by atoms with Gasteiger partial charge in [-0.2, -0.15) is 0 Å². The van der Waals surface area contributed by atoms with Crippen LogP contribution in [0.4, 0.5) is 0 Å². The predicted octanol–water partition coefficient (Wildman–Crippen LogP) is 11.0. The van der Waals surface area contributed by atoms with Gasteiger partial charge in [0.05, 0.1) is 12.5 Å². The van der Waals surface area contributed by atoms with Crippen LogP contribution in [0.15, 0.2) is 84.4 Å². The Morgan fingerprint density at radius 3 is 2.00 bits per heavy atom. The van der Waals surface area contributed by atoms with Crippen molar-refractivity contribution in [3.8, 4) is 18.2 Å². The maximum absolute atomic E-state index is 11.8. The summed E-state index contributed by atoms with van der Waals surface area (Å²) < 4.78 is 5.36. The molecule has 0 unspecified atom stereocenters. The van der Waals surface area contributed by atoms with Gasteiger partial charge in [0.25, 0.3) is 5.56 Å². The fraction of sp³-hybridized carbons (Fsp3) is 0.302. The molecule has 4 nitrogen and oxygen atoms in total. The van der Waals surface area contributed by atoms with E-state index in [0.29, 0.717) is 17.8 Å². The molecule has 0 bridgehead atoms. The van der Waals surface area contributed by atoms with Crippen LogP contribution >= 0.6 is 0 Å². The molecule has 5 aromatic rings. The fourth-order valence-electron chi connectivity index (χ4n) is 6.37. The number of nitrogens with one attached hydrogen (secondary N) is 1. The van der Waals surface area contributed by atoms with E-state index >= 15 is 0 Å². The molecule has 4 heteroatoms. The van der Waals surface area contributed by atoms with E-state index in [0.717, 1.165) is 44.3 Å². The topological polar surface area (TPSA) is 55.0 Å². The van der Waals surface area contributed by atoms with Gasteiger partial charge in [0.1, 0.15) is 0 Å². The molecular formula is C43H50N2O2. The van der Waals surface area contributed by atoms with Gasteiger partial charge in [0.2, 0.25) is 5.88 Å². The van der Waals surface area contributed by atoms with Crippen LogP contribution in [0.5, 0.6) is 5.88 Å². The summed E-state index contributed by atoms with van der Waals surface area (Å²) in [6, 6.07) is 18.4. The zero-order valence-electron chi connectivity index (χ0n) is 29.8. The lowest BCUT2D eigenvalue weighted by Crippen LogP contribution is -2.09. The average molecular weight is 627 g/mol. The van der Waals surface area contributed by atoms with Gasteiger partial charge in [-0.1, -0.05) is 103 Å². The number of terminal acetylenes is 1. The third-order valence-electron chi connectivity index (χ3n) is 8.40. The molecule has 2 heterocycles. The number of aryl methyl sites for hydroxylation is 2. The molecule has 5 rings (SSSR count). The highest BCUT2D eigenvalue weighted by atomic mass is 16.5. The minimum absolute atomic E-state index is 0.0138. The molecule has 3 aromatic carbocycles. The first-order valence-electron chi connectivity index (χ1n) is 16.3. The third-order valence-corrected chi connectivity index (χ3v) is 8.40. The number of H-pyrrole nitrogens is 1. The number of fused-ring (bicyclic) bond motifs is 2. The quantitative estimate of drug-likeness (QED) is 0.191. The van der Waals surface area contributed by atoms with Crippen LogP contribution in [0.2, 0.25) is 0 Å². The molecule has 0 amide bonds. The Labute approximate surface area is 281 Å². The van der Waals surface area contributed by atoms with E-state index in [4.69, 9.17) is 11.2 Å². The Bertz CT molecular complexity index is 1980. The number of aromatic amines is 1. The van der Waals surface area contributed by atoms with E-state index in [9.17, 15) is 4.79 Å². The minimum atomic E-state index is 0.0138. The Kier molecular flexibility index (Phi) is 12.9. The largest absolute Gasteiger partial charge is 0.481 e. The van der Waals surface area contributed by atoms with Crippen molar-refractivity contribution in [2.75, 3.05) is 7.11 Å². The van der Waals surface area contributed by atoms with Crippen LogP contribution in [-0.4, -0.2) is 17.1 Å². The van der Waals surface area contributed by atoms with Crippen LogP contribution in [0, 0.1) is 32.1 Å². The number of methoxy groups -OCH3 is 1. The lowest BCUT2D eigenvalue weighted by atomic mass is 9.88. The molecule has 0 radical (unpaired) electrons. The molecule has 0 aliphatic heterocycles. The predicted molar refractivity (Wildman–Crippen MR) is 203 cm³/mol. The first-order valence-corrected chi connectivity index (χ1v) is 16.3. The van der Waals surface area contributed by atoms with Crippen LogP contribution in [0.25, 0.3) is 33.2 Å². The second kappa shape index (κ2) is 16.6. The Hall–Kier alpha value is -4.88. The van der Waals surface area contributed by atoms with Gasteiger partial charge in [0.15, 0.2) is 0 Å². The van der Waals surface area contributed by atoms with E-state index in [2.05, 4.69) is 115 Å². The Morgan fingerprint density at radius 2 is 1.49 bits per heavy atom. The SMILES string of the molecule is C#Cc1cccc(C=C)c1/C(=C\C)C(C)C.COc1nccc2ccc(C)c(C(C)C)c12.Cc1ccc2cc[nH]c(=O)c2c1C(C)C. The number of allylic oxidation sites excluding steroid dienone is 2. The van der Waals surface area contributed by atoms with Crippen LogP contribution in [0.3, 0.4) is 0 Å². The van der Waals surface area contributed by atoms with E-state index in [-0.39, 0.29) is 5.56 Å². The lowest BCUT2D eigenvalue weighted by Gasteiger charge is -2.16. The molecule has 0 aliphatic carbocycles. The van der Waals surface area contributed by atoms with Gasteiger partial charge in [-0.05, 0) is 101 Å². The molecule has 47 heavy (non-hydrogen) atoms. The smallest absolute Gasteiger partial charge is 0.256 e. The molecule has 0 saturated heterocycles. The molecular weight excluding hydrogens is 576 g/mol. The fourth-order valence-corrected chi connectivity index (χ4v) is 6.37. The molecule has 1 N–H and O–H groups in total. The highest BCUT2D eigenvalue weighted by Gasteiger charge is 2.14. The van der Waals surface area contributed by atoms with Gasteiger partial charge >= 0.3 is 0 Å². The van der Waals surface area contributed by atoms with Crippen molar-refractivity contribution in [3.05, 3.63) is 129 Å². The zero-order valence-corrected chi connectivity index (χ0v) is 29.8. The number of ether oxygens (including phenoxy) is 1. The molecule has 0 spiro atoms. The van der Waals surface area contributed by atoms with Crippen molar-refractivity contribution in [2.45, 2.75) is 74.1 Å². The summed E-state index contributed by atoms with van der Waals surface area (Å²) in [5, 5.41) is 4.21. The standard InChI is InChI=1S/C16H18.C14H17NO.C13H15NO/c1-6-13-10-9-11-14(7-2)16(13)15(8-3)12(4)5;1-9(2)12-10(3)5-6-11-7-8-15-14(16-4)13(11)12;1-8(2)11-9(3)4-5-10-6-7-14-13(15)12(10)11/h1,7-12H,2H2,3-5H3;5-9H,1-4H3;4-8H,1-3H3,(H,14,15)/b15-8-;;. The summed E-state index contributed by atoms with van der Waals surface area (Å²) in [6.45, 7) is 23.1. The van der Waals surface area contributed by atoms with Crippen LogP contribution in [-0.2, 0) is 0 Å². The maximum atomic E-state index is 11.8. The first kappa shape index (κ1) is 36.6. The van der Waals surface area contributed by atoms with Gasteiger partial charge < -0.3 is 9.72 Å². The van der Waals surface area contributed by atoms with Crippen molar-refractivity contribution in [3.63, 3.8) is 0 Å². The highest BCUT2D eigenvalue weighted by molar-refractivity contribution is 5.91. The van der Waals surface area contributed by atoms with Crippen molar-refractivity contribution in [1.82, 2.24) is 9.97 Å². The molecule has 244 valence electrons. The van der Waals surface area contributed by atoms with Gasteiger partial charge in [-0.3, -0.25) is 4.79 Å². The molecule has 0 atom stereocenters. The number of hydrogen-bond acceptors (Lipinski definition) is 3. The summed E-state index contributed by atoms with van der Waals surface area (Å²) in [5.74, 6) is 4.78. The number of rotatable bonds is 6. The Morgan fingerprint density at radius 1 is 0.894 bits per heavy atom. The third kappa shape index (κ3) is 8.29. The zero-order chi connectivity index (χ0) is 34.8. The summed E-state index contributed by atoms with van der Waals surface area (Å²) >= 11 is 0. The Balaban J connectivity index is 0.000000192. The second-order valence-corrected chi connectivity index (χ2v) is 12.6. The van der Waals surface area contributed by atoms with Crippen molar-refractivity contribution < 1.29 is 4.74 Å². The number of hydrogen-bond donors (Lipinski definition) is 1. The molecule has 0 saturated carbocycles. The summed E-state index contributed by atoms with van der Waals surface area (Å²) in [5.41, 5.74) is 9.48. The number of benzene rings is 3. The number of pyridine rings is 2. The van der Waals surface area contributed by atoms with Crippen molar-refractivity contribution in [1.29, 1.82) is 0 Å². The average Bonchev–Trinajstić information content (AvgIpc) is 3.05. The van der Waals surface area contributed by atoms with Crippen molar-refractivity contribution >= 4 is 33.2 Å². The highest BCUT2D eigenvalue weighted by Crippen LogP contribution is 2.34. The monoisotopic (exact) mass is 626 g/mol.